The van der Waals surface area contributed by atoms with Crippen LogP contribution in [-0.4, -0.2) is 39.2 Å². The summed E-state index contributed by atoms with van der Waals surface area (Å²) in [5.41, 5.74) is 0. The molecule has 2 saturated heterocycles. The average Bonchev–Trinajstić information content (AvgIpc) is 3.01. The van der Waals surface area contributed by atoms with E-state index in [0.29, 0.717) is 36.4 Å². The van der Waals surface area contributed by atoms with E-state index >= 15 is 0 Å². The predicted octanol–water partition coefficient (Wildman–Crippen LogP) is 1.14. The van der Waals surface area contributed by atoms with Gasteiger partial charge in [-0.15, -0.1) is 0 Å². The van der Waals surface area contributed by atoms with Gasteiger partial charge in [-0.1, -0.05) is 0 Å². The molecule has 4 aliphatic rings. The zero-order valence-electron chi connectivity index (χ0n) is 8.12. The van der Waals surface area contributed by atoms with Gasteiger partial charge in [0.25, 0.3) is 0 Å². The molecule has 4 rings (SSSR count). The van der Waals surface area contributed by atoms with Crippen molar-refractivity contribution in [3.63, 3.8) is 0 Å². The summed E-state index contributed by atoms with van der Waals surface area (Å²) in [7, 11) is 0. The summed E-state index contributed by atoms with van der Waals surface area (Å²) < 4.78 is 9.19. The second-order valence-electron chi connectivity index (χ2n) is 4.05. The van der Waals surface area contributed by atoms with E-state index in [1.165, 1.54) is 0 Å². The van der Waals surface area contributed by atoms with Crippen LogP contribution in [0.15, 0.2) is 9.98 Å². The van der Waals surface area contributed by atoms with Crippen molar-refractivity contribution in [2.24, 2.45) is 21.8 Å². The van der Waals surface area contributed by atoms with Gasteiger partial charge >= 0.3 is 86.7 Å². The Morgan fingerprint density at radius 3 is 1.75 bits per heavy atom. The van der Waals surface area contributed by atoms with E-state index in [-0.39, 0.29) is 12.1 Å². The summed E-state index contributed by atoms with van der Waals surface area (Å²) in [5.74, 6) is 1.02. The molecule has 16 heavy (non-hydrogen) atoms. The van der Waals surface area contributed by atoms with Crippen LogP contribution >= 0.6 is 13.0 Å². The van der Waals surface area contributed by atoms with Crippen LogP contribution in [0.2, 0.25) is 9.63 Å². The van der Waals surface area contributed by atoms with Gasteiger partial charge in [0, 0.05) is 13.0 Å². The molecule has 0 N–H and O–H groups in total. The topological polar surface area (TPSA) is 58.9 Å². The summed E-state index contributed by atoms with van der Waals surface area (Å²) >= 11 is 2.55. The second-order valence-corrected chi connectivity index (χ2v) is 6.91. The predicted molar refractivity (Wildman–Crippen MR) is 58.8 cm³/mol. The van der Waals surface area contributed by atoms with E-state index in [9.17, 15) is 13.5 Å². The Balaban J connectivity index is 0.000000457. The minimum atomic E-state index is 0.209. The summed E-state index contributed by atoms with van der Waals surface area (Å²) in [5, 5.41) is 0. The Kier molecular flexibility index (Phi) is 3.63. The number of isocyanates is 2. The van der Waals surface area contributed by atoms with Gasteiger partial charge in [0.15, 0.2) is 0 Å². The summed E-state index contributed by atoms with van der Waals surface area (Å²) in [4.78, 5) is 29.3. The van der Waals surface area contributed by atoms with Crippen LogP contribution in [0, 0.1) is 11.8 Å². The maximum atomic E-state index is 10.2. The quantitative estimate of drug-likeness (QED) is 0.360. The van der Waals surface area contributed by atoms with Crippen LogP contribution in [0.1, 0.15) is 6.42 Å². The molecule has 7 heteroatoms. The number of hydrogen-bond donors (Lipinski definition) is 1. The Morgan fingerprint density at radius 1 is 1.06 bits per heavy atom. The molecule has 0 aromatic carbocycles. The molecular formula is C9H9FN2O2SSe. The summed E-state index contributed by atoms with van der Waals surface area (Å²) in [6.45, 7) is 0. The fourth-order valence-electron chi connectivity index (χ4n) is 3.25. The molecule has 4 nitrogen and oxygen atoms in total. The van der Waals surface area contributed by atoms with Crippen LogP contribution in [-0.2, 0) is 9.59 Å². The Morgan fingerprint density at radius 2 is 1.50 bits per heavy atom. The Labute approximate surface area is 104 Å². The molecule has 4 fully saturated rings. The fraction of sp³-hybridized carbons (Fsp3) is 0.778. The molecule has 0 spiro atoms. The summed E-state index contributed by atoms with van der Waals surface area (Å²) in [6.07, 6.45) is 4.45. The zero-order chi connectivity index (χ0) is 11.7. The van der Waals surface area contributed by atoms with Crippen molar-refractivity contribution in [3.05, 3.63) is 0 Å². The van der Waals surface area contributed by atoms with Crippen molar-refractivity contribution in [3.8, 4) is 0 Å². The van der Waals surface area contributed by atoms with Gasteiger partial charge in [0.1, 0.15) is 0 Å². The number of carbonyl (C=O) groups excluding carboxylic acids is 2. The molecule has 4 bridgehead atoms. The van der Waals surface area contributed by atoms with Crippen molar-refractivity contribution < 1.29 is 13.5 Å². The van der Waals surface area contributed by atoms with Crippen LogP contribution < -0.4 is 0 Å². The first-order valence-corrected chi connectivity index (χ1v) is 7.14. The second kappa shape index (κ2) is 4.82. The van der Waals surface area contributed by atoms with Crippen molar-refractivity contribution in [2.45, 2.75) is 28.1 Å². The maximum absolute atomic E-state index is 10.2. The molecule has 2 aliphatic heterocycles. The van der Waals surface area contributed by atoms with Crippen molar-refractivity contribution in [1.82, 2.24) is 0 Å². The molecule has 86 valence electrons. The normalized spacial score (nSPS) is 45.6. The van der Waals surface area contributed by atoms with E-state index in [4.69, 9.17) is 0 Å². The third-order valence-electron chi connectivity index (χ3n) is 3.66. The third-order valence-corrected chi connectivity index (χ3v) is 7.61. The molecule has 6 atom stereocenters. The van der Waals surface area contributed by atoms with E-state index in [1.807, 2.05) is 13.0 Å². The Hall–Kier alpha value is -0.441. The third kappa shape index (κ3) is 1.52. The number of hydrogen-bond acceptors (Lipinski definition) is 5. The van der Waals surface area contributed by atoms with Crippen LogP contribution in [0.4, 0.5) is 3.89 Å². The minimum absolute atomic E-state index is 0.209. The van der Waals surface area contributed by atoms with E-state index in [2.05, 4.69) is 9.98 Å². The fourth-order valence-corrected chi connectivity index (χ4v) is 7.78. The van der Waals surface area contributed by atoms with E-state index < -0.39 is 0 Å². The molecule has 2 saturated carbocycles. The molecule has 6 unspecified atom stereocenters. The first-order valence-electron chi connectivity index (χ1n) is 4.83. The number of rotatable bonds is 2. The van der Waals surface area contributed by atoms with Gasteiger partial charge in [-0.25, -0.2) is 0 Å². The molecule has 0 aromatic heterocycles. The SMILES string of the molecule is FS.O=C=NC1C2CC3C(N=C=O)C2[Se]C31. The van der Waals surface area contributed by atoms with Crippen LogP contribution in [0.5, 0.6) is 0 Å². The van der Waals surface area contributed by atoms with Gasteiger partial charge in [0.2, 0.25) is 0 Å². The first-order chi connectivity index (χ1) is 7.86. The molecule has 0 amide bonds. The molecule has 2 heterocycles. The molecule has 0 aromatic rings. The Bertz CT molecular complexity index is 332. The number of thiol groups is 1. The van der Waals surface area contributed by atoms with E-state index in [1.54, 1.807) is 12.2 Å². The van der Waals surface area contributed by atoms with Crippen molar-refractivity contribution in [2.75, 3.05) is 0 Å². The van der Waals surface area contributed by atoms with Gasteiger partial charge in [-0.2, -0.15) is 3.89 Å². The van der Waals surface area contributed by atoms with E-state index in [0.717, 1.165) is 6.42 Å². The summed E-state index contributed by atoms with van der Waals surface area (Å²) in [6, 6.07) is 0.418. The monoisotopic (exact) mass is 308 g/mol. The van der Waals surface area contributed by atoms with Gasteiger partial charge < -0.3 is 0 Å². The molecular weight excluding hydrogens is 298 g/mol. The number of aliphatic imine (C=N–C) groups is 2. The van der Waals surface area contributed by atoms with Crippen LogP contribution in [0.3, 0.4) is 0 Å². The molecule has 2 aliphatic carbocycles. The molecule has 0 radical (unpaired) electrons. The standard InChI is InChI=1S/C9H8N2O2Se.FHS/c12-2-10-6-4-1-5-7(11-3-13)9(4)14-8(5)6;1-2/h4-9H,1H2;2H. The average molecular weight is 307 g/mol. The zero-order valence-corrected chi connectivity index (χ0v) is 10.7. The van der Waals surface area contributed by atoms with Crippen LogP contribution in [0.25, 0.3) is 0 Å². The van der Waals surface area contributed by atoms with Gasteiger partial charge in [-0.05, 0) is 0 Å². The van der Waals surface area contributed by atoms with Gasteiger partial charge in [0.05, 0.1) is 0 Å². The number of nitrogens with zero attached hydrogens (tertiary/aromatic N) is 2. The number of halogens is 1. The van der Waals surface area contributed by atoms with Gasteiger partial charge in [-0.3, -0.25) is 0 Å². The van der Waals surface area contributed by atoms with Crippen molar-refractivity contribution in [1.29, 1.82) is 0 Å². The first kappa shape index (κ1) is 12.0. The van der Waals surface area contributed by atoms with Crippen molar-refractivity contribution >= 4 is 40.1 Å².